The number of hydrogen-bond donors (Lipinski definition) is 1. The number of benzene rings is 2. The first-order valence-electron chi connectivity index (χ1n) is 8.09. The molecule has 0 aliphatic rings. The second-order valence-corrected chi connectivity index (χ2v) is 7.09. The van der Waals surface area contributed by atoms with E-state index in [1.54, 1.807) is 25.3 Å². The van der Waals surface area contributed by atoms with Crippen molar-refractivity contribution in [2.45, 2.75) is 0 Å². The van der Waals surface area contributed by atoms with Gasteiger partial charge in [-0.2, -0.15) is 0 Å². The molecular weight excluding hydrogens is 402 g/mol. The predicted octanol–water partition coefficient (Wildman–Crippen LogP) is 5.08. The number of aliphatic imine (C=N–C) groups is 1. The van der Waals surface area contributed by atoms with Crippen molar-refractivity contribution >= 4 is 44.5 Å². The van der Waals surface area contributed by atoms with Crippen LogP contribution in [0, 0.1) is 0 Å². The maximum atomic E-state index is 10.1. The lowest BCUT2D eigenvalue weighted by Gasteiger charge is -2.04. The lowest BCUT2D eigenvalue weighted by molar-refractivity contribution is 0.336. The van der Waals surface area contributed by atoms with Crippen LogP contribution < -0.4 is 9.47 Å². The summed E-state index contributed by atoms with van der Waals surface area (Å²) in [6.07, 6.45) is 1.40. The summed E-state index contributed by atoms with van der Waals surface area (Å²) in [4.78, 5) is 13.0. The summed E-state index contributed by atoms with van der Waals surface area (Å²) in [6, 6.07) is 10.6. The fourth-order valence-corrected chi connectivity index (χ4v) is 3.57. The number of methoxy groups -OCH3 is 2. The molecule has 0 fully saturated rings. The van der Waals surface area contributed by atoms with E-state index in [1.165, 1.54) is 24.7 Å². The van der Waals surface area contributed by atoms with Crippen molar-refractivity contribution in [2.75, 3.05) is 14.2 Å². The molecule has 4 aromatic rings. The van der Waals surface area contributed by atoms with E-state index < -0.39 is 0 Å². The fraction of sp³-hybridized carbons (Fsp3) is 0.105. The molecule has 0 unspecified atom stereocenters. The Balaban J connectivity index is 1.65. The number of thiazole rings is 1. The quantitative estimate of drug-likeness (QED) is 0.457. The summed E-state index contributed by atoms with van der Waals surface area (Å²) in [5, 5.41) is 11.1. The van der Waals surface area contributed by atoms with Crippen LogP contribution >= 0.6 is 22.9 Å². The van der Waals surface area contributed by atoms with Gasteiger partial charge < -0.3 is 19.0 Å². The molecule has 4 rings (SSSR count). The summed E-state index contributed by atoms with van der Waals surface area (Å²) in [7, 11) is 3.14. The first-order chi connectivity index (χ1) is 13.6. The molecule has 0 aliphatic carbocycles. The van der Waals surface area contributed by atoms with Gasteiger partial charge in [0.15, 0.2) is 5.69 Å². The van der Waals surface area contributed by atoms with Gasteiger partial charge in [-0.1, -0.05) is 22.9 Å². The average Bonchev–Trinajstić information content (AvgIpc) is 3.28. The summed E-state index contributed by atoms with van der Waals surface area (Å²) < 4.78 is 16.8. The second kappa shape index (κ2) is 7.49. The number of hydrogen-bond acceptors (Lipinski definition) is 8. The van der Waals surface area contributed by atoms with Crippen molar-refractivity contribution in [1.82, 2.24) is 9.97 Å². The molecule has 2 aromatic carbocycles. The molecule has 2 heterocycles. The smallest absolute Gasteiger partial charge is 0.312 e. The van der Waals surface area contributed by atoms with Crippen molar-refractivity contribution in [2.24, 2.45) is 4.99 Å². The van der Waals surface area contributed by atoms with Crippen LogP contribution in [0.2, 0.25) is 5.02 Å². The third kappa shape index (κ3) is 3.51. The molecule has 0 amide bonds. The topological polar surface area (TPSA) is 90.0 Å². The molecule has 0 aliphatic heterocycles. The Morgan fingerprint density at radius 2 is 2.00 bits per heavy atom. The van der Waals surface area contributed by atoms with Crippen LogP contribution in [-0.4, -0.2) is 35.5 Å². The summed E-state index contributed by atoms with van der Waals surface area (Å²) in [5.41, 5.74) is 1.51. The van der Waals surface area contributed by atoms with E-state index >= 15 is 0 Å². The van der Waals surface area contributed by atoms with E-state index in [1.807, 2.05) is 18.2 Å². The number of rotatable bonds is 5. The number of aromatic nitrogens is 2. The third-order valence-electron chi connectivity index (χ3n) is 3.91. The molecule has 0 saturated heterocycles. The molecule has 0 spiro atoms. The maximum Gasteiger partial charge on any atom is 0.312 e. The minimum Gasteiger partial charge on any atom is -0.497 e. The molecule has 7 nitrogen and oxygen atoms in total. The SMILES string of the molecule is COc1ccc2nc(/N=C/c3nc(-c4cc(Cl)ccc4OC)oc3O)sc2c1. The Bertz CT molecular complexity index is 1190. The highest BCUT2D eigenvalue weighted by Crippen LogP contribution is 2.35. The van der Waals surface area contributed by atoms with Crippen molar-refractivity contribution in [3.05, 3.63) is 47.1 Å². The van der Waals surface area contributed by atoms with Crippen LogP contribution in [0.15, 0.2) is 45.8 Å². The van der Waals surface area contributed by atoms with Gasteiger partial charge in [0.1, 0.15) is 11.5 Å². The highest BCUT2D eigenvalue weighted by atomic mass is 35.5. The van der Waals surface area contributed by atoms with Gasteiger partial charge >= 0.3 is 5.95 Å². The molecule has 1 N–H and O–H groups in total. The predicted molar refractivity (Wildman–Crippen MR) is 109 cm³/mol. The number of aromatic hydroxyl groups is 1. The van der Waals surface area contributed by atoms with Crippen LogP contribution in [0.25, 0.3) is 21.7 Å². The number of nitrogens with zero attached hydrogens (tertiary/aromatic N) is 3. The van der Waals surface area contributed by atoms with Crippen molar-refractivity contribution in [3.63, 3.8) is 0 Å². The normalized spacial score (nSPS) is 11.4. The molecule has 142 valence electrons. The third-order valence-corrected chi connectivity index (χ3v) is 5.07. The van der Waals surface area contributed by atoms with Gasteiger partial charge in [0.05, 0.1) is 36.2 Å². The summed E-state index contributed by atoms with van der Waals surface area (Å²) in [5.74, 6) is 1.09. The molecule has 0 saturated carbocycles. The van der Waals surface area contributed by atoms with Gasteiger partial charge in [0.2, 0.25) is 11.0 Å². The second-order valence-electron chi connectivity index (χ2n) is 5.64. The standard InChI is InChI=1S/C19H14ClN3O4S/c1-25-11-4-5-13-16(8-11)28-19(23-13)21-9-14-18(24)27-17(22-14)12-7-10(20)3-6-15(12)26-2/h3-9,24H,1-2H3/b21-9+. The van der Waals surface area contributed by atoms with Crippen LogP contribution in [0.1, 0.15) is 5.69 Å². The largest absolute Gasteiger partial charge is 0.497 e. The highest BCUT2D eigenvalue weighted by Gasteiger charge is 2.17. The average molecular weight is 416 g/mol. The molecule has 0 bridgehead atoms. The van der Waals surface area contributed by atoms with Gasteiger partial charge in [-0.15, -0.1) is 0 Å². The molecule has 28 heavy (non-hydrogen) atoms. The molecule has 2 aromatic heterocycles. The Hall–Kier alpha value is -3.10. The van der Waals surface area contributed by atoms with Crippen LogP contribution in [-0.2, 0) is 0 Å². The zero-order chi connectivity index (χ0) is 19.7. The van der Waals surface area contributed by atoms with Gasteiger partial charge in [-0.05, 0) is 36.4 Å². The van der Waals surface area contributed by atoms with Crippen LogP contribution in [0.4, 0.5) is 5.13 Å². The number of oxazole rings is 1. The molecular formula is C19H14ClN3O4S. The lowest BCUT2D eigenvalue weighted by atomic mass is 10.2. The first-order valence-corrected chi connectivity index (χ1v) is 9.29. The molecule has 9 heteroatoms. The minimum absolute atomic E-state index is 0.173. The van der Waals surface area contributed by atoms with Crippen molar-refractivity contribution in [3.8, 4) is 28.9 Å². The van der Waals surface area contributed by atoms with Crippen LogP contribution in [0.5, 0.6) is 17.4 Å². The monoisotopic (exact) mass is 415 g/mol. The van der Waals surface area contributed by atoms with Gasteiger partial charge in [-0.3, -0.25) is 0 Å². The molecule has 0 atom stereocenters. The summed E-state index contributed by atoms with van der Waals surface area (Å²) >= 11 is 7.44. The van der Waals surface area contributed by atoms with E-state index in [0.29, 0.717) is 21.5 Å². The van der Waals surface area contributed by atoms with Gasteiger partial charge in [0.25, 0.3) is 0 Å². The Morgan fingerprint density at radius 3 is 2.79 bits per heavy atom. The zero-order valence-electron chi connectivity index (χ0n) is 14.8. The minimum atomic E-state index is -0.358. The Kier molecular flexibility index (Phi) is 4.89. The lowest BCUT2D eigenvalue weighted by Crippen LogP contribution is -1.88. The number of fused-ring (bicyclic) bond motifs is 1. The van der Waals surface area contributed by atoms with Crippen molar-refractivity contribution in [1.29, 1.82) is 0 Å². The maximum absolute atomic E-state index is 10.1. The fourth-order valence-electron chi connectivity index (χ4n) is 2.56. The van der Waals surface area contributed by atoms with E-state index in [0.717, 1.165) is 16.0 Å². The van der Waals surface area contributed by atoms with Gasteiger partial charge in [0, 0.05) is 5.02 Å². The van der Waals surface area contributed by atoms with Crippen molar-refractivity contribution < 1.29 is 19.0 Å². The Labute approximate surface area is 168 Å². The zero-order valence-corrected chi connectivity index (χ0v) is 16.4. The summed E-state index contributed by atoms with van der Waals surface area (Å²) in [6.45, 7) is 0. The van der Waals surface area contributed by atoms with E-state index in [-0.39, 0.29) is 17.5 Å². The Morgan fingerprint density at radius 1 is 1.14 bits per heavy atom. The van der Waals surface area contributed by atoms with E-state index in [4.69, 9.17) is 25.5 Å². The van der Waals surface area contributed by atoms with Crippen LogP contribution in [0.3, 0.4) is 0 Å². The first kappa shape index (κ1) is 18.3. The highest BCUT2D eigenvalue weighted by molar-refractivity contribution is 7.22. The number of halogens is 1. The molecule has 0 radical (unpaired) electrons. The van der Waals surface area contributed by atoms with E-state index in [9.17, 15) is 5.11 Å². The van der Waals surface area contributed by atoms with Gasteiger partial charge in [-0.25, -0.2) is 15.0 Å². The van der Waals surface area contributed by atoms with E-state index in [2.05, 4.69) is 15.0 Å². The number of ether oxygens (including phenoxy) is 2.